The molecule has 0 radical (unpaired) electrons. The van der Waals surface area contributed by atoms with Crippen molar-refractivity contribution in [1.82, 2.24) is 10.2 Å². The molecule has 1 aliphatic carbocycles. The van der Waals surface area contributed by atoms with Crippen molar-refractivity contribution in [3.05, 3.63) is 0 Å². The highest BCUT2D eigenvalue weighted by Crippen LogP contribution is 2.31. The first-order valence-electron chi connectivity index (χ1n) is 6.79. The van der Waals surface area contributed by atoms with Crippen molar-refractivity contribution in [2.24, 2.45) is 0 Å². The normalized spacial score (nSPS) is 32.0. The van der Waals surface area contributed by atoms with Crippen LogP contribution in [0.2, 0.25) is 0 Å². The van der Waals surface area contributed by atoms with Crippen LogP contribution in [0.3, 0.4) is 0 Å². The molecule has 1 saturated carbocycles. The maximum atomic E-state index is 12.1. The van der Waals surface area contributed by atoms with Crippen LogP contribution >= 0.6 is 0 Å². The summed E-state index contributed by atoms with van der Waals surface area (Å²) in [6.45, 7) is 0. The second kappa shape index (κ2) is 4.56. The lowest BCUT2D eigenvalue weighted by molar-refractivity contribution is -0.139. The molecule has 2 aliphatic heterocycles. The van der Waals surface area contributed by atoms with E-state index in [1.54, 1.807) is 0 Å². The number of sulfone groups is 1. The van der Waals surface area contributed by atoms with Crippen molar-refractivity contribution in [3.8, 4) is 0 Å². The molecule has 1 unspecified atom stereocenters. The zero-order chi connectivity index (χ0) is 13.6. The van der Waals surface area contributed by atoms with Crippen molar-refractivity contribution in [2.45, 2.75) is 50.2 Å². The van der Waals surface area contributed by atoms with Crippen LogP contribution in [0.15, 0.2) is 0 Å². The molecule has 1 N–H and O–H groups in total. The number of rotatable bonds is 3. The average Bonchev–Trinajstić information content (AvgIpc) is 3.11. The molecule has 0 spiro atoms. The van der Waals surface area contributed by atoms with Crippen LogP contribution in [0.25, 0.3) is 0 Å². The number of hydrogen-bond donors (Lipinski definition) is 1. The van der Waals surface area contributed by atoms with Gasteiger partial charge in [0.25, 0.3) is 0 Å². The van der Waals surface area contributed by atoms with Crippen LogP contribution in [0.4, 0.5) is 0 Å². The SMILES string of the molecule is O=C1CC(NC2CCS(=O)(=O)CC2)C(=O)N1C1CC1. The second-order valence-corrected chi connectivity index (χ2v) is 7.99. The lowest BCUT2D eigenvalue weighted by Crippen LogP contribution is -2.47. The van der Waals surface area contributed by atoms with Gasteiger partial charge in [0.05, 0.1) is 24.0 Å². The standard InChI is InChI=1S/C12H18N2O4S/c15-11-7-10(12(16)14(11)9-1-2-9)13-8-3-5-19(17,18)6-4-8/h8-10,13H,1-7H2. The van der Waals surface area contributed by atoms with Gasteiger partial charge in [0.1, 0.15) is 9.84 Å². The van der Waals surface area contributed by atoms with Gasteiger partial charge in [-0.1, -0.05) is 0 Å². The average molecular weight is 286 g/mol. The van der Waals surface area contributed by atoms with Crippen LogP contribution in [-0.4, -0.2) is 54.8 Å². The summed E-state index contributed by atoms with van der Waals surface area (Å²) in [5.74, 6) is 0.131. The summed E-state index contributed by atoms with van der Waals surface area (Å²) in [7, 11) is -2.89. The predicted molar refractivity (Wildman–Crippen MR) is 68.1 cm³/mol. The summed E-state index contributed by atoms with van der Waals surface area (Å²) in [5, 5.41) is 3.17. The largest absolute Gasteiger partial charge is 0.303 e. The summed E-state index contributed by atoms with van der Waals surface area (Å²) >= 11 is 0. The Labute approximate surface area is 112 Å². The molecule has 0 bridgehead atoms. The number of carbonyl (C=O) groups excluding carboxylic acids is 2. The first kappa shape index (κ1) is 13.1. The van der Waals surface area contributed by atoms with Crippen molar-refractivity contribution in [3.63, 3.8) is 0 Å². The second-order valence-electron chi connectivity index (χ2n) is 5.68. The fourth-order valence-corrected chi connectivity index (χ4v) is 4.33. The molecule has 106 valence electrons. The first-order valence-corrected chi connectivity index (χ1v) is 8.61. The van der Waals surface area contributed by atoms with Crippen LogP contribution in [-0.2, 0) is 19.4 Å². The summed E-state index contributed by atoms with van der Waals surface area (Å²) in [5.41, 5.74) is 0. The highest BCUT2D eigenvalue weighted by molar-refractivity contribution is 7.91. The molecule has 0 aromatic rings. The first-order chi connectivity index (χ1) is 8.96. The van der Waals surface area contributed by atoms with Crippen LogP contribution < -0.4 is 5.32 Å². The zero-order valence-corrected chi connectivity index (χ0v) is 11.5. The quantitative estimate of drug-likeness (QED) is 0.703. The molecule has 3 fully saturated rings. The molecule has 0 aromatic carbocycles. The van der Waals surface area contributed by atoms with E-state index in [9.17, 15) is 18.0 Å². The molecule has 7 heteroatoms. The molecule has 3 aliphatic rings. The molecule has 19 heavy (non-hydrogen) atoms. The Hall–Kier alpha value is -0.950. The highest BCUT2D eigenvalue weighted by atomic mass is 32.2. The number of imide groups is 1. The van der Waals surface area contributed by atoms with E-state index >= 15 is 0 Å². The Kier molecular flexibility index (Phi) is 3.13. The van der Waals surface area contributed by atoms with Gasteiger partial charge in [0.15, 0.2) is 0 Å². The van der Waals surface area contributed by atoms with E-state index in [0.29, 0.717) is 12.8 Å². The Morgan fingerprint density at radius 3 is 2.26 bits per heavy atom. The van der Waals surface area contributed by atoms with Crippen molar-refractivity contribution < 1.29 is 18.0 Å². The molecular weight excluding hydrogens is 268 g/mol. The third-order valence-corrected chi connectivity index (χ3v) is 5.80. The summed E-state index contributed by atoms with van der Waals surface area (Å²) < 4.78 is 22.7. The monoisotopic (exact) mass is 286 g/mol. The van der Waals surface area contributed by atoms with E-state index < -0.39 is 15.9 Å². The number of hydrogen-bond acceptors (Lipinski definition) is 5. The topological polar surface area (TPSA) is 83.5 Å². The van der Waals surface area contributed by atoms with Crippen molar-refractivity contribution >= 4 is 21.7 Å². The Morgan fingerprint density at radius 1 is 1.05 bits per heavy atom. The van der Waals surface area contributed by atoms with Gasteiger partial charge in [-0.3, -0.25) is 14.5 Å². The molecule has 0 aromatic heterocycles. The molecule has 6 nitrogen and oxygen atoms in total. The fourth-order valence-electron chi connectivity index (χ4n) is 2.84. The van der Waals surface area contributed by atoms with E-state index in [4.69, 9.17) is 0 Å². The molecule has 2 saturated heterocycles. The van der Waals surface area contributed by atoms with E-state index in [1.165, 1.54) is 4.90 Å². The molecule has 3 rings (SSSR count). The number of likely N-dealkylation sites (tertiary alicyclic amines) is 1. The van der Waals surface area contributed by atoms with E-state index in [-0.39, 0.29) is 41.8 Å². The van der Waals surface area contributed by atoms with Gasteiger partial charge >= 0.3 is 0 Å². The van der Waals surface area contributed by atoms with Crippen LogP contribution in [0.5, 0.6) is 0 Å². The maximum absolute atomic E-state index is 12.1. The van der Waals surface area contributed by atoms with Crippen molar-refractivity contribution in [2.75, 3.05) is 11.5 Å². The summed E-state index contributed by atoms with van der Waals surface area (Å²) in [6.07, 6.45) is 3.13. The predicted octanol–water partition coefficient (Wildman–Crippen LogP) is -0.557. The van der Waals surface area contributed by atoms with E-state index in [0.717, 1.165) is 12.8 Å². The third kappa shape index (κ3) is 2.67. The minimum atomic E-state index is -2.89. The van der Waals surface area contributed by atoms with Crippen molar-refractivity contribution in [1.29, 1.82) is 0 Å². The summed E-state index contributed by atoms with van der Waals surface area (Å²) in [6, 6.07) is -0.290. The Balaban J connectivity index is 1.59. The van der Waals surface area contributed by atoms with Gasteiger partial charge in [-0.15, -0.1) is 0 Å². The van der Waals surface area contributed by atoms with Gasteiger partial charge in [-0.25, -0.2) is 8.42 Å². The van der Waals surface area contributed by atoms with Gasteiger partial charge in [-0.2, -0.15) is 0 Å². The summed E-state index contributed by atoms with van der Waals surface area (Å²) in [4.78, 5) is 25.3. The van der Waals surface area contributed by atoms with Crippen LogP contribution in [0, 0.1) is 0 Å². The number of nitrogens with one attached hydrogen (secondary N) is 1. The number of nitrogens with zero attached hydrogens (tertiary/aromatic N) is 1. The third-order valence-electron chi connectivity index (χ3n) is 4.09. The number of amides is 2. The molecular formula is C12H18N2O4S. The van der Waals surface area contributed by atoms with E-state index in [1.807, 2.05) is 0 Å². The smallest absolute Gasteiger partial charge is 0.247 e. The minimum absolute atomic E-state index is 0.0319. The number of carbonyl (C=O) groups is 2. The van der Waals surface area contributed by atoms with Gasteiger partial charge in [0, 0.05) is 12.1 Å². The van der Waals surface area contributed by atoms with Gasteiger partial charge < -0.3 is 5.32 Å². The zero-order valence-electron chi connectivity index (χ0n) is 10.7. The van der Waals surface area contributed by atoms with E-state index in [2.05, 4.69) is 5.32 Å². The molecule has 2 heterocycles. The maximum Gasteiger partial charge on any atom is 0.247 e. The Morgan fingerprint density at radius 2 is 1.68 bits per heavy atom. The van der Waals surface area contributed by atoms with Gasteiger partial charge in [0.2, 0.25) is 11.8 Å². The fraction of sp³-hybridized carbons (Fsp3) is 0.833. The lowest BCUT2D eigenvalue weighted by Gasteiger charge is -2.25. The molecule has 1 atom stereocenters. The van der Waals surface area contributed by atoms with Crippen LogP contribution in [0.1, 0.15) is 32.1 Å². The Bertz CT molecular complexity index is 498. The molecule has 2 amide bonds. The highest BCUT2D eigenvalue weighted by Gasteiger charge is 2.46. The minimum Gasteiger partial charge on any atom is -0.303 e. The lowest BCUT2D eigenvalue weighted by atomic mass is 10.1. The van der Waals surface area contributed by atoms with Gasteiger partial charge in [-0.05, 0) is 25.7 Å².